The van der Waals surface area contributed by atoms with Crippen molar-refractivity contribution in [3.63, 3.8) is 0 Å². The largest absolute Gasteiger partial charge is 0.490 e. The molecule has 4 rings (SSSR count). The third kappa shape index (κ3) is 7.47. The molecule has 3 aromatic rings. The summed E-state index contributed by atoms with van der Waals surface area (Å²) in [6.45, 7) is 3.54. The minimum absolute atomic E-state index is 0.150. The summed E-state index contributed by atoms with van der Waals surface area (Å²) in [6.07, 6.45) is 1.88. The average Bonchev–Trinajstić information content (AvgIpc) is 3.16. The molecule has 11 heteroatoms. The molecule has 2 aromatic carbocycles. The number of nitrogens with zero attached hydrogens (tertiary/aromatic N) is 3. The molecule has 1 heterocycles. The van der Waals surface area contributed by atoms with E-state index in [9.17, 15) is 18.0 Å². The maximum absolute atomic E-state index is 13.4. The molecule has 0 atom stereocenters. The number of imidazole rings is 1. The number of alkyl halides is 3. The van der Waals surface area contributed by atoms with E-state index >= 15 is 0 Å². The summed E-state index contributed by atoms with van der Waals surface area (Å²) in [4.78, 5) is 28.9. The first-order valence-corrected chi connectivity index (χ1v) is 12.9. The standard InChI is InChI=1S/C24H29BrN4O.C2HF3O2/c1-2-13-28(20-9-4-3-5-10-20)23(30)18-8-6-7-17(14-18)16-29-22-15-19(25)11-12-21(22)27-24(29)26;3-2(4,5)1(6)7/h6-8,11-12,14-15,20H,2-5,9-10,13,16H2,1H3,(H2,26,27);(H,6,7). The Morgan fingerprint density at radius 2 is 1.84 bits per heavy atom. The van der Waals surface area contributed by atoms with Gasteiger partial charge in [0.05, 0.1) is 17.6 Å². The van der Waals surface area contributed by atoms with E-state index in [2.05, 4.69) is 32.7 Å². The van der Waals surface area contributed by atoms with Gasteiger partial charge in [0.25, 0.3) is 5.91 Å². The first-order chi connectivity index (χ1) is 17.5. The molecule has 0 unspecified atom stereocenters. The highest BCUT2D eigenvalue weighted by Crippen LogP contribution is 2.26. The van der Waals surface area contributed by atoms with Crippen LogP contribution >= 0.6 is 15.9 Å². The minimum atomic E-state index is -5.08. The quantitative estimate of drug-likeness (QED) is 0.358. The number of carboxylic acids is 1. The number of carbonyl (C=O) groups is 2. The highest BCUT2D eigenvalue weighted by molar-refractivity contribution is 9.10. The van der Waals surface area contributed by atoms with Gasteiger partial charge in [0.15, 0.2) is 0 Å². The number of halogens is 4. The highest BCUT2D eigenvalue weighted by atomic mass is 79.9. The molecule has 0 saturated heterocycles. The lowest BCUT2D eigenvalue weighted by Crippen LogP contribution is -2.42. The van der Waals surface area contributed by atoms with Crippen molar-refractivity contribution in [3.8, 4) is 0 Å². The Bertz CT molecular complexity index is 1240. The summed E-state index contributed by atoms with van der Waals surface area (Å²) in [7, 11) is 0. The zero-order valence-corrected chi connectivity index (χ0v) is 22.1. The Labute approximate surface area is 221 Å². The molecule has 1 saturated carbocycles. The van der Waals surface area contributed by atoms with Crippen LogP contribution in [0, 0.1) is 0 Å². The summed E-state index contributed by atoms with van der Waals surface area (Å²) in [5.74, 6) is -2.13. The normalized spacial score (nSPS) is 14.2. The number of hydrogen-bond acceptors (Lipinski definition) is 4. The highest BCUT2D eigenvalue weighted by Gasteiger charge is 2.38. The summed E-state index contributed by atoms with van der Waals surface area (Å²) in [5, 5.41) is 7.12. The number of carbonyl (C=O) groups excluding carboxylic acids is 1. The van der Waals surface area contributed by atoms with Crippen LogP contribution in [0.25, 0.3) is 11.0 Å². The number of amides is 1. The van der Waals surface area contributed by atoms with E-state index in [4.69, 9.17) is 15.6 Å². The van der Waals surface area contributed by atoms with Gasteiger partial charge in [-0.15, -0.1) is 0 Å². The van der Waals surface area contributed by atoms with Gasteiger partial charge < -0.3 is 20.3 Å². The van der Waals surface area contributed by atoms with Crippen LogP contribution in [0.15, 0.2) is 46.9 Å². The number of aromatic nitrogens is 2. The van der Waals surface area contributed by atoms with Gasteiger partial charge in [-0.25, -0.2) is 9.78 Å². The Morgan fingerprint density at radius 1 is 1.16 bits per heavy atom. The molecular formula is C26H30BrF3N4O3. The summed E-state index contributed by atoms with van der Waals surface area (Å²) in [6, 6.07) is 14.3. The number of nitrogens with two attached hydrogens (primary N) is 1. The fourth-order valence-corrected chi connectivity index (χ4v) is 4.86. The van der Waals surface area contributed by atoms with Gasteiger partial charge >= 0.3 is 12.1 Å². The number of carboxylic acid groups (broad SMARTS) is 1. The van der Waals surface area contributed by atoms with Gasteiger partial charge in [0.2, 0.25) is 5.95 Å². The van der Waals surface area contributed by atoms with Crippen molar-refractivity contribution >= 4 is 44.8 Å². The Hall–Kier alpha value is -3.08. The van der Waals surface area contributed by atoms with Crippen LogP contribution in [0.3, 0.4) is 0 Å². The zero-order valence-electron chi connectivity index (χ0n) is 20.5. The van der Waals surface area contributed by atoms with Crippen LogP contribution < -0.4 is 5.73 Å². The number of anilines is 1. The Kier molecular flexibility index (Phi) is 9.58. The van der Waals surface area contributed by atoms with E-state index in [1.54, 1.807) is 0 Å². The van der Waals surface area contributed by atoms with Gasteiger partial charge in [0.1, 0.15) is 0 Å². The molecule has 0 radical (unpaired) electrons. The van der Waals surface area contributed by atoms with Crippen LogP contribution in [0.1, 0.15) is 61.4 Å². The Balaban J connectivity index is 0.000000479. The third-order valence-corrected chi connectivity index (χ3v) is 6.73. The number of aliphatic carboxylic acids is 1. The van der Waals surface area contributed by atoms with Crippen LogP contribution in [0.4, 0.5) is 19.1 Å². The van der Waals surface area contributed by atoms with Gasteiger partial charge in [-0.3, -0.25) is 4.79 Å². The van der Waals surface area contributed by atoms with Gasteiger partial charge in [-0.2, -0.15) is 13.2 Å². The van der Waals surface area contributed by atoms with Crippen molar-refractivity contribution in [2.24, 2.45) is 0 Å². The molecule has 200 valence electrons. The van der Waals surface area contributed by atoms with E-state index in [0.717, 1.165) is 52.4 Å². The van der Waals surface area contributed by atoms with E-state index < -0.39 is 12.1 Å². The lowest BCUT2D eigenvalue weighted by molar-refractivity contribution is -0.192. The van der Waals surface area contributed by atoms with E-state index in [1.807, 2.05) is 47.0 Å². The molecule has 1 amide bonds. The second-order valence-corrected chi connectivity index (χ2v) is 9.90. The second kappa shape index (κ2) is 12.4. The first-order valence-electron chi connectivity index (χ1n) is 12.1. The molecule has 1 aromatic heterocycles. The number of rotatable bonds is 6. The zero-order chi connectivity index (χ0) is 27.2. The molecule has 1 fully saturated rings. The molecular weight excluding hydrogens is 553 g/mol. The summed E-state index contributed by atoms with van der Waals surface area (Å²) < 4.78 is 34.7. The molecule has 0 bridgehead atoms. The topological polar surface area (TPSA) is 101 Å². The van der Waals surface area contributed by atoms with Gasteiger partial charge in [-0.05, 0) is 55.2 Å². The lowest BCUT2D eigenvalue weighted by Gasteiger charge is -2.34. The molecule has 3 N–H and O–H groups in total. The predicted octanol–water partition coefficient (Wildman–Crippen LogP) is 6.25. The van der Waals surface area contributed by atoms with Gasteiger partial charge in [-0.1, -0.05) is 54.2 Å². The van der Waals surface area contributed by atoms with Crippen molar-refractivity contribution < 1.29 is 27.9 Å². The third-order valence-electron chi connectivity index (χ3n) is 6.24. The van der Waals surface area contributed by atoms with Crippen molar-refractivity contribution in [3.05, 3.63) is 58.1 Å². The molecule has 1 aliphatic carbocycles. The maximum Gasteiger partial charge on any atom is 0.490 e. The smallest absolute Gasteiger partial charge is 0.475 e. The fraction of sp³-hybridized carbons (Fsp3) is 0.423. The van der Waals surface area contributed by atoms with Crippen LogP contribution in [0.5, 0.6) is 0 Å². The lowest BCUT2D eigenvalue weighted by atomic mass is 9.93. The van der Waals surface area contributed by atoms with Crippen molar-refractivity contribution in [2.45, 2.75) is 64.2 Å². The predicted molar refractivity (Wildman–Crippen MR) is 139 cm³/mol. The SMILES string of the molecule is CCCN(C(=O)c1cccc(Cn2c(N)nc3ccc(Br)cc32)c1)C1CCCCC1.O=C(O)C(F)(F)F. The van der Waals surface area contributed by atoms with E-state index in [-0.39, 0.29) is 5.91 Å². The minimum Gasteiger partial charge on any atom is -0.475 e. The second-order valence-electron chi connectivity index (χ2n) is 8.98. The summed E-state index contributed by atoms with van der Waals surface area (Å²) in [5.41, 5.74) is 9.85. The van der Waals surface area contributed by atoms with Gasteiger partial charge in [0, 0.05) is 22.6 Å². The molecule has 0 spiro atoms. The fourth-order valence-electron chi connectivity index (χ4n) is 4.52. The monoisotopic (exact) mass is 582 g/mol. The van der Waals surface area contributed by atoms with Crippen molar-refractivity contribution in [1.29, 1.82) is 0 Å². The number of fused-ring (bicyclic) bond motifs is 1. The maximum atomic E-state index is 13.4. The molecule has 7 nitrogen and oxygen atoms in total. The van der Waals surface area contributed by atoms with Crippen molar-refractivity contribution in [1.82, 2.24) is 14.5 Å². The number of nitrogen functional groups attached to an aromatic ring is 1. The number of benzene rings is 2. The Morgan fingerprint density at radius 3 is 2.46 bits per heavy atom. The van der Waals surface area contributed by atoms with Crippen LogP contribution in [-0.2, 0) is 11.3 Å². The van der Waals surface area contributed by atoms with E-state index in [1.165, 1.54) is 19.3 Å². The molecule has 1 aliphatic rings. The molecule has 0 aliphatic heterocycles. The summed E-state index contributed by atoms with van der Waals surface area (Å²) >= 11 is 3.53. The van der Waals surface area contributed by atoms with Crippen LogP contribution in [0.2, 0.25) is 0 Å². The average molecular weight is 583 g/mol. The van der Waals surface area contributed by atoms with Crippen molar-refractivity contribution in [2.75, 3.05) is 12.3 Å². The molecule has 37 heavy (non-hydrogen) atoms. The number of hydrogen-bond donors (Lipinski definition) is 2. The van der Waals surface area contributed by atoms with E-state index in [0.29, 0.717) is 18.5 Å². The van der Waals surface area contributed by atoms with Crippen LogP contribution in [-0.4, -0.2) is 50.2 Å². The first kappa shape index (κ1) is 28.5.